The van der Waals surface area contributed by atoms with Gasteiger partial charge in [0.2, 0.25) is 0 Å². The van der Waals surface area contributed by atoms with Crippen molar-refractivity contribution in [1.29, 1.82) is 0 Å². The van der Waals surface area contributed by atoms with Crippen LogP contribution in [-0.2, 0) is 13.6 Å². The lowest BCUT2D eigenvalue weighted by Gasteiger charge is -2.16. The van der Waals surface area contributed by atoms with Crippen LogP contribution in [-0.4, -0.2) is 15.7 Å². The van der Waals surface area contributed by atoms with Crippen molar-refractivity contribution in [3.05, 3.63) is 75.9 Å². The first-order chi connectivity index (χ1) is 12.9. The van der Waals surface area contributed by atoms with Gasteiger partial charge in [0.1, 0.15) is 0 Å². The van der Waals surface area contributed by atoms with Gasteiger partial charge in [-0.1, -0.05) is 59.6 Å². The second-order valence-electron chi connectivity index (χ2n) is 6.28. The van der Waals surface area contributed by atoms with E-state index in [4.69, 9.17) is 28.9 Å². The van der Waals surface area contributed by atoms with Crippen LogP contribution in [0.2, 0.25) is 10.0 Å². The van der Waals surface area contributed by atoms with E-state index < -0.39 is 0 Å². The summed E-state index contributed by atoms with van der Waals surface area (Å²) < 4.78 is 1.78. The van der Waals surface area contributed by atoms with Gasteiger partial charge < -0.3 is 11.1 Å². The smallest absolute Gasteiger partial charge is 0.189 e. The molecule has 0 aliphatic heterocycles. The van der Waals surface area contributed by atoms with Crippen LogP contribution in [0.15, 0.2) is 59.7 Å². The van der Waals surface area contributed by atoms with Crippen molar-refractivity contribution in [2.45, 2.75) is 19.5 Å². The summed E-state index contributed by atoms with van der Waals surface area (Å²) >= 11 is 12.2. The Morgan fingerprint density at radius 3 is 2.61 bits per heavy atom. The maximum Gasteiger partial charge on any atom is 0.189 e. The van der Waals surface area contributed by atoms with Crippen molar-refractivity contribution in [3.8, 4) is 11.3 Å². The van der Waals surface area contributed by atoms with E-state index in [0.29, 0.717) is 22.5 Å². The fourth-order valence-electron chi connectivity index (χ4n) is 2.86. The van der Waals surface area contributed by atoms with Gasteiger partial charge in [-0.3, -0.25) is 4.68 Å². The predicted octanol–water partition coefficient (Wildman–Crippen LogP) is 5.18. The predicted molar refractivity (Wildman–Crippen MR) is 127 cm³/mol. The first-order valence-corrected chi connectivity index (χ1v) is 9.29. The van der Waals surface area contributed by atoms with Crippen molar-refractivity contribution in [1.82, 2.24) is 15.1 Å². The van der Waals surface area contributed by atoms with Gasteiger partial charge in [0, 0.05) is 34.4 Å². The molecular weight excluding hydrogens is 508 g/mol. The number of nitrogens with one attached hydrogen (secondary N) is 1. The van der Waals surface area contributed by atoms with Crippen LogP contribution >= 0.6 is 47.2 Å². The number of hydrogen-bond acceptors (Lipinski definition) is 2. The van der Waals surface area contributed by atoms with Gasteiger partial charge in [0.15, 0.2) is 5.96 Å². The van der Waals surface area contributed by atoms with E-state index in [9.17, 15) is 0 Å². The average molecular weight is 530 g/mol. The van der Waals surface area contributed by atoms with Gasteiger partial charge in [0.25, 0.3) is 0 Å². The van der Waals surface area contributed by atoms with Crippen LogP contribution in [0.25, 0.3) is 11.3 Å². The minimum absolute atomic E-state index is 0. The fraction of sp³-hybridized carbons (Fsp3) is 0.200. The highest BCUT2D eigenvalue weighted by molar-refractivity contribution is 14.0. The van der Waals surface area contributed by atoms with Gasteiger partial charge >= 0.3 is 0 Å². The quantitative estimate of drug-likeness (QED) is 0.272. The first-order valence-electron chi connectivity index (χ1n) is 8.53. The molecule has 1 atom stereocenters. The van der Waals surface area contributed by atoms with Crippen LogP contribution in [0.3, 0.4) is 0 Å². The van der Waals surface area contributed by atoms with Gasteiger partial charge in [-0.25, -0.2) is 4.99 Å². The van der Waals surface area contributed by atoms with E-state index in [-0.39, 0.29) is 30.0 Å². The van der Waals surface area contributed by atoms with Crippen molar-refractivity contribution in [2.75, 3.05) is 0 Å². The molecule has 0 amide bonds. The van der Waals surface area contributed by atoms with E-state index in [1.165, 1.54) is 0 Å². The third-order valence-corrected chi connectivity index (χ3v) is 4.73. The molecule has 0 saturated heterocycles. The molecule has 1 aromatic heterocycles. The lowest BCUT2D eigenvalue weighted by molar-refractivity contribution is 0.708. The number of aromatic nitrogens is 2. The highest BCUT2D eigenvalue weighted by Gasteiger charge is 2.12. The second-order valence-corrected chi connectivity index (χ2v) is 7.12. The highest BCUT2D eigenvalue weighted by atomic mass is 127. The molecule has 2 aromatic carbocycles. The van der Waals surface area contributed by atoms with Crippen molar-refractivity contribution >= 4 is 53.1 Å². The summed E-state index contributed by atoms with van der Waals surface area (Å²) in [6, 6.07) is 15.3. The number of hydrogen-bond donors (Lipinski definition) is 2. The van der Waals surface area contributed by atoms with Gasteiger partial charge in [-0.05, 0) is 24.6 Å². The Hall–Kier alpha value is -1.77. The van der Waals surface area contributed by atoms with Crippen LogP contribution in [0, 0.1) is 0 Å². The molecule has 1 heterocycles. The molecule has 0 aliphatic carbocycles. The minimum atomic E-state index is -0.0963. The van der Waals surface area contributed by atoms with Gasteiger partial charge in [-0.2, -0.15) is 5.10 Å². The van der Waals surface area contributed by atoms with E-state index in [0.717, 1.165) is 22.4 Å². The molecule has 0 saturated carbocycles. The Kier molecular flexibility index (Phi) is 8.15. The Labute approximate surface area is 192 Å². The third kappa shape index (κ3) is 5.62. The van der Waals surface area contributed by atoms with E-state index in [2.05, 4.69) is 15.4 Å². The monoisotopic (exact) mass is 529 g/mol. The maximum atomic E-state index is 6.26. The summed E-state index contributed by atoms with van der Waals surface area (Å²) in [4.78, 5) is 4.47. The first kappa shape index (κ1) is 22.5. The molecule has 148 valence electrons. The minimum Gasteiger partial charge on any atom is -0.370 e. The topological polar surface area (TPSA) is 68.2 Å². The molecule has 5 nitrogen and oxygen atoms in total. The highest BCUT2D eigenvalue weighted by Crippen LogP contribution is 2.26. The number of nitrogens with two attached hydrogens (primary N) is 1. The SMILES string of the molecule is CC(NC(N)=NCc1cn(C)nc1-c1ccccc1)c1ccc(Cl)cc1Cl.I. The van der Waals surface area contributed by atoms with E-state index in [1.54, 1.807) is 16.8 Å². The van der Waals surface area contributed by atoms with Crippen molar-refractivity contribution in [3.63, 3.8) is 0 Å². The summed E-state index contributed by atoms with van der Waals surface area (Å²) in [5.74, 6) is 0.344. The summed E-state index contributed by atoms with van der Waals surface area (Å²) in [7, 11) is 1.89. The van der Waals surface area contributed by atoms with Gasteiger partial charge in [0.05, 0.1) is 18.3 Å². The van der Waals surface area contributed by atoms with E-state index in [1.807, 2.05) is 56.6 Å². The summed E-state index contributed by atoms with van der Waals surface area (Å²) in [5, 5.41) is 8.90. The zero-order chi connectivity index (χ0) is 19.4. The maximum absolute atomic E-state index is 6.26. The Bertz CT molecular complexity index is 956. The number of aryl methyl sites for hydroxylation is 1. The molecular formula is C20H22Cl2IN5. The van der Waals surface area contributed by atoms with Crippen LogP contribution in [0.4, 0.5) is 0 Å². The number of halogens is 3. The lowest BCUT2D eigenvalue weighted by Crippen LogP contribution is -2.34. The molecule has 0 fully saturated rings. The molecule has 1 unspecified atom stereocenters. The van der Waals surface area contributed by atoms with Crippen LogP contribution < -0.4 is 11.1 Å². The molecule has 0 aliphatic rings. The third-order valence-electron chi connectivity index (χ3n) is 4.16. The largest absolute Gasteiger partial charge is 0.370 e. The molecule has 8 heteroatoms. The molecule has 0 spiro atoms. The Balaban J connectivity index is 0.00000280. The second kappa shape index (κ2) is 10.1. The van der Waals surface area contributed by atoms with Crippen LogP contribution in [0.5, 0.6) is 0 Å². The normalized spacial score (nSPS) is 12.4. The molecule has 0 bridgehead atoms. The zero-order valence-corrected chi connectivity index (χ0v) is 19.4. The lowest BCUT2D eigenvalue weighted by atomic mass is 10.1. The number of nitrogens with zero attached hydrogens (tertiary/aromatic N) is 3. The van der Waals surface area contributed by atoms with Crippen LogP contribution in [0.1, 0.15) is 24.1 Å². The molecule has 3 N–H and O–H groups in total. The van der Waals surface area contributed by atoms with Gasteiger partial charge in [-0.15, -0.1) is 24.0 Å². The average Bonchev–Trinajstić information content (AvgIpc) is 3.01. The molecule has 3 aromatic rings. The Morgan fingerprint density at radius 1 is 1.21 bits per heavy atom. The van der Waals surface area contributed by atoms with Crippen molar-refractivity contribution in [2.24, 2.45) is 17.8 Å². The van der Waals surface area contributed by atoms with Crippen molar-refractivity contribution < 1.29 is 0 Å². The molecule has 0 radical (unpaired) electrons. The number of guanidine groups is 1. The number of rotatable bonds is 5. The van der Waals surface area contributed by atoms with E-state index >= 15 is 0 Å². The Morgan fingerprint density at radius 2 is 1.93 bits per heavy atom. The summed E-state index contributed by atoms with van der Waals surface area (Å²) in [6.45, 7) is 2.40. The number of benzene rings is 2. The fourth-order valence-corrected chi connectivity index (χ4v) is 3.43. The molecule has 28 heavy (non-hydrogen) atoms. The number of aliphatic imine (C=N–C) groups is 1. The zero-order valence-electron chi connectivity index (χ0n) is 15.6. The summed E-state index contributed by atoms with van der Waals surface area (Å²) in [6.07, 6.45) is 1.96. The molecule has 3 rings (SSSR count). The summed E-state index contributed by atoms with van der Waals surface area (Å²) in [5.41, 5.74) is 9.95. The standard InChI is InChI=1S/C20H21Cl2N5.HI/c1-13(17-9-8-16(21)10-18(17)22)25-20(23)24-11-15-12-27(2)26-19(15)14-6-4-3-5-7-14;/h3-10,12-13H,11H2,1-2H3,(H3,23,24,25);1H.